The zero-order valence-electron chi connectivity index (χ0n) is 12.0. The number of hydrogen-bond donors (Lipinski definition) is 3. The molecule has 1 heterocycles. The molecule has 0 radical (unpaired) electrons. The third-order valence-electron chi connectivity index (χ3n) is 3.46. The first-order valence-corrected chi connectivity index (χ1v) is 6.82. The second-order valence-corrected chi connectivity index (χ2v) is 5.38. The molecule has 0 spiro atoms. The van der Waals surface area contributed by atoms with E-state index < -0.39 is 41.8 Å². The smallest absolute Gasteiger partial charge is 0.326 e. The van der Waals surface area contributed by atoms with Crippen LogP contribution in [0.2, 0.25) is 0 Å². The Morgan fingerprint density at radius 2 is 1.76 bits per heavy atom. The monoisotopic (exact) mass is 300 g/mol. The Kier molecular flexibility index (Phi) is 5.69. The van der Waals surface area contributed by atoms with Crippen LogP contribution < -0.4 is 5.32 Å². The fraction of sp³-hybridized carbons (Fsp3) is 0.692. The standard InChI is InChI=1S/C13H20N2O6/c1-7(2)9(13(20)21)14-10(16)11(17)15-6-4-3-5-8(15)12(18)19/h7-9H,3-6H2,1-2H3,(H,14,16)(H,18,19)(H,20,21)/t8-,9+/m1/s1. The van der Waals surface area contributed by atoms with Gasteiger partial charge >= 0.3 is 23.8 Å². The van der Waals surface area contributed by atoms with E-state index in [1.165, 1.54) is 0 Å². The van der Waals surface area contributed by atoms with Crippen LogP contribution in [0.15, 0.2) is 0 Å². The number of rotatable bonds is 4. The number of nitrogens with zero attached hydrogens (tertiary/aromatic N) is 1. The van der Waals surface area contributed by atoms with Gasteiger partial charge in [0.1, 0.15) is 12.1 Å². The van der Waals surface area contributed by atoms with Gasteiger partial charge in [-0.15, -0.1) is 0 Å². The number of nitrogens with one attached hydrogen (secondary N) is 1. The second-order valence-electron chi connectivity index (χ2n) is 5.38. The van der Waals surface area contributed by atoms with Gasteiger partial charge in [0.25, 0.3) is 0 Å². The van der Waals surface area contributed by atoms with E-state index >= 15 is 0 Å². The fourth-order valence-electron chi connectivity index (χ4n) is 2.28. The number of amides is 2. The van der Waals surface area contributed by atoms with E-state index in [0.29, 0.717) is 19.3 Å². The molecule has 0 aromatic heterocycles. The lowest BCUT2D eigenvalue weighted by Gasteiger charge is -2.32. The molecule has 0 bridgehead atoms. The number of carboxylic acid groups (broad SMARTS) is 2. The van der Waals surface area contributed by atoms with E-state index in [9.17, 15) is 19.2 Å². The van der Waals surface area contributed by atoms with Crippen molar-refractivity contribution in [2.45, 2.75) is 45.2 Å². The lowest BCUT2D eigenvalue weighted by molar-refractivity contribution is -0.157. The van der Waals surface area contributed by atoms with Crippen molar-refractivity contribution < 1.29 is 29.4 Å². The van der Waals surface area contributed by atoms with Gasteiger partial charge in [0.15, 0.2) is 0 Å². The molecule has 0 aromatic carbocycles. The predicted molar refractivity (Wildman–Crippen MR) is 71.4 cm³/mol. The first-order valence-electron chi connectivity index (χ1n) is 6.82. The maximum absolute atomic E-state index is 12.1. The Morgan fingerprint density at radius 3 is 2.24 bits per heavy atom. The summed E-state index contributed by atoms with van der Waals surface area (Å²) in [6.45, 7) is 3.39. The normalized spacial score (nSPS) is 20.0. The van der Waals surface area contributed by atoms with Crippen molar-refractivity contribution in [3.05, 3.63) is 0 Å². The molecule has 0 aromatic rings. The van der Waals surface area contributed by atoms with Gasteiger partial charge in [0.2, 0.25) is 0 Å². The zero-order chi connectivity index (χ0) is 16.2. The number of aliphatic carboxylic acids is 2. The molecule has 1 aliphatic heterocycles. The van der Waals surface area contributed by atoms with Gasteiger partial charge in [0.05, 0.1) is 0 Å². The van der Waals surface area contributed by atoms with Gasteiger partial charge in [-0.1, -0.05) is 13.8 Å². The molecule has 0 aliphatic carbocycles. The number of carboxylic acids is 2. The van der Waals surface area contributed by atoms with Crippen molar-refractivity contribution in [3.63, 3.8) is 0 Å². The topological polar surface area (TPSA) is 124 Å². The molecule has 118 valence electrons. The molecule has 0 unspecified atom stereocenters. The summed E-state index contributed by atoms with van der Waals surface area (Å²) in [6, 6.07) is -2.21. The minimum atomic E-state index is -1.24. The van der Waals surface area contributed by atoms with Crippen molar-refractivity contribution in [1.82, 2.24) is 10.2 Å². The molecule has 1 rings (SSSR count). The van der Waals surface area contributed by atoms with E-state index in [4.69, 9.17) is 10.2 Å². The highest BCUT2D eigenvalue weighted by Gasteiger charge is 2.36. The van der Waals surface area contributed by atoms with Crippen LogP contribution in [0.4, 0.5) is 0 Å². The quantitative estimate of drug-likeness (QED) is 0.611. The molecule has 2 atom stereocenters. The van der Waals surface area contributed by atoms with Crippen molar-refractivity contribution in [2.75, 3.05) is 6.54 Å². The SMILES string of the molecule is CC(C)[C@H](NC(=O)C(=O)N1CCCC[C@@H]1C(=O)O)C(=O)O. The summed E-state index contributed by atoms with van der Waals surface area (Å²) < 4.78 is 0. The summed E-state index contributed by atoms with van der Waals surface area (Å²) in [5, 5.41) is 20.2. The lowest BCUT2D eigenvalue weighted by atomic mass is 10.0. The van der Waals surface area contributed by atoms with E-state index in [0.717, 1.165) is 4.90 Å². The first kappa shape index (κ1) is 16.9. The van der Waals surface area contributed by atoms with Crippen LogP contribution in [0, 0.1) is 5.92 Å². The van der Waals surface area contributed by atoms with Crippen LogP contribution in [0.5, 0.6) is 0 Å². The van der Waals surface area contributed by atoms with Gasteiger partial charge in [-0.25, -0.2) is 9.59 Å². The van der Waals surface area contributed by atoms with Crippen LogP contribution in [0.3, 0.4) is 0 Å². The Hall–Kier alpha value is -2.12. The zero-order valence-corrected chi connectivity index (χ0v) is 12.0. The number of carbonyl (C=O) groups excluding carboxylic acids is 2. The Labute approximate surface area is 122 Å². The van der Waals surface area contributed by atoms with Gasteiger partial charge < -0.3 is 20.4 Å². The van der Waals surface area contributed by atoms with Crippen molar-refractivity contribution in [2.24, 2.45) is 5.92 Å². The summed E-state index contributed by atoms with van der Waals surface area (Å²) in [5.74, 6) is -4.86. The molecule has 1 aliphatic rings. The number of hydrogen-bond acceptors (Lipinski definition) is 4. The average molecular weight is 300 g/mol. The third kappa shape index (κ3) is 4.17. The van der Waals surface area contributed by atoms with Gasteiger partial charge in [-0.3, -0.25) is 9.59 Å². The first-order chi connectivity index (χ1) is 9.75. The molecule has 2 amide bonds. The molecular formula is C13H20N2O6. The number of piperidine rings is 1. The van der Waals surface area contributed by atoms with Crippen LogP contribution in [0.1, 0.15) is 33.1 Å². The van der Waals surface area contributed by atoms with Crippen molar-refractivity contribution >= 4 is 23.8 Å². The Morgan fingerprint density at radius 1 is 1.14 bits per heavy atom. The number of carbonyl (C=O) groups is 4. The molecule has 3 N–H and O–H groups in total. The van der Waals surface area contributed by atoms with Crippen LogP contribution in [-0.2, 0) is 19.2 Å². The predicted octanol–water partition coefficient (Wildman–Crippen LogP) is -0.322. The van der Waals surface area contributed by atoms with E-state index in [-0.39, 0.29) is 6.54 Å². The summed E-state index contributed by atoms with van der Waals surface area (Å²) in [5.41, 5.74) is 0. The largest absolute Gasteiger partial charge is 0.480 e. The highest BCUT2D eigenvalue weighted by Crippen LogP contribution is 2.17. The third-order valence-corrected chi connectivity index (χ3v) is 3.46. The molecule has 1 fully saturated rings. The minimum Gasteiger partial charge on any atom is -0.480 e. The van der Waals surface area contributed by atoms with Crippen molar-refractivity contribution in [1.29, 1.82) is 0 Å². The Bertz CT molecular complexity index is 448. The van der Waals surface area contributed by atoms with E-state index in [2.05, 4.69) is 5.32 Å². The summed E-state index contributed by atoms with van der Waals surface area (Å²) >= 11 is 0. The highest BCUT2D eigenvalue weighted by atomic mass is 16.4. The Balaban J connectivity index is 2.78. The maximum atomic E-state index is 12.1. The second kappa shape index (κ2) is 7.05. The van der Waals surface area contributed by atoms with Crippen LogP contribution in [0.25, 0.3) is 0 Å². The van der Waals surface area contributed by atoms with E-state index in [1.807, 2.05) is 0 Å². The van der Waals surface area contributed by atoms with E-state index in [1.54, 1.807) is 13.8 Å². The molecule has 8 nitrogen and oxygen atoms in total. The van der Waals surface area contributed by atoms with Crippen molar-refractivity contribution in [3.8, 4) is 0 Å². The summed E-state index contributed by atoms with van der Waals surface area (Å²) in [4.78, 5) is 47.0. The van der Waals surface area contributed by atoms with Crippen LogP contribution >= 0.6 is 0 Å². The molecular weight excluding hydrogens is 280 g/mol. The van der Waals surface area contributed by atoms with Gasteiger partial charge in [-0.05, 0) is 25.2 Å². The number of likely N-dealkylation sites (tertiary alicyclic amines) is 1. The molecule has 0 saturated carbocycles. The molecule has 1 saturated heterocycles. The van der Waals surface area contributed by atoms with Crippen LogP contribution in [-0.4, -0.2) is 57.5 Å². The maximum Gasteiger partial charge on any atom is 0.326 e. The van der Waals surface area contributed by atoms with Gasteiger partial charge in [0, 0.05) is 6.54 Å². The summed E-state index contributed by atoms with van der Waals surface area (Å²) in [6.07, 6.45) is 1.59. The highest BCUT2D eigenvalue weighted by molar-refractivity contribution is 6.35. The average Bonchev–Trinajstić information content (AvgIpc) is 2.42. The lowest BCUT2D eigenvalue weighted by Crippen LogP contribution is -2.55. The molecule has 21 heavy (non-hydrogen) atoms. The van der Waals surface area contributed by atoms with Gasteiger partial charge in [-0.2, -0.15) is 0 Å². The molecule has 8 heteroatoms. The fourth-order valence-corrected chi connectivity index (χ4v) is 2.28. The minimum absolute atomic E-state index is 0.183. The summed E-state index contributed by atoms with van der Waals surface area (Å²) in [7, 11) is 0.